The topological polar surface area (TPSA) is 66.0 Å². The van der Waals surface area contributed by atoms with E-state index >= 15 is 0 Å². The Labute approximate surface area is 141 Å². The van der Waals surface area contributed by atoms with Crippen LogP contribution in [0.15, 0.2) is 48.5 Å². The lowest BCUT2D eigenvalue weighted by Gasteiger charge is -2.09. The molecule has 0 amide bonds. The van der Waals surface area contributed by atoms with Gasteiger partial charge in [-0.05, 0) is 48.5 Å². The predicted molar refractivity (Wildman–Crippen MR) is 87.3 cm³/mol. The fourth-order valence-electron chi connectivity index (χ4n) is 2.32. The van der Waals surface area contributed by atoms with Crippen molar-refractivity contribution in [2.24, 2.45) is 0 Å². The molecule has 0 radical (unpaired) electrons. The minimum Gasteiger partial charge on any atom is -0.406 e. The summed E-state index contributed by atoms with van der Waals surface area (Å²) in [6, 6.07) is 12.6. The zero-order chi connectivity index (χ0) is 18.0. The number of nitrogens with two attached hydrogens (primary N) is 1. The molecule has 5 nitrogen and oxygen atoms in total. The SMILES string of the molecule is CCc1nc(-c2ccc(N)cc2)nn1-c1ccc(OC(F)(F)F)cc1. The maximum absolute atomic E-state index is 12.2. The van der Waals surface area contributed by atoms with E-state index < -0.39 is 6.36 Å². The summed E-state index contributed by atoms with van der Waals surface area (Å²) < 4.78 is 42.2. The largest absolute Gasteiger partial charge is 0.573 e. The lowest BCUT2D eigenvalue weighted by molar-refractivity contribution is -0.274. The summed E-state index contributed by atoms with van der Waals surface area (Å²) in [4.78, 5) is 4.49. The lowest BCUT2D eigenvalue weighted by Crippen LogP contribution is -2.17. The molecule has 0 saturated carbocycles. The summed E-state index contributed by atoms with van der Waals surface area (Å²) in [5, 5.41) is 4.46. The Kier molecular flexibility index (Phi) is 4.35. The zero-order valence-corrected chi connectivity index (χ0v) is 13.3. The molecule has 0 spiro atoms. The molecular weight excluding hydrogens is 333 g/mol. The maximum Gasteiger partial charge on any atom is 0.573 e. The fraction of sp³-hybridized carbons (Fsp3) is 0.176. The third-order valence-electron chi connectivity index (χ3n) is 3.47. The quantitative estimate of drug-likeness (QED) is 0.725. The smallest absolute Gasteiger partial charge is 0.406 e. The molecule has 25 heavy (non-hydrogen) atoms. The van der Waals surface area contributed by atoms with Crippen molar-refractivity contribution in [1.82, 2.24) is 14.8 Å². The van der Waals surface area contributed by atoms with E-state index in [1.807, 2.05) is 19.1 Å². The van der Waals surface area contributed by atoms with Crippen LogP contribution in [0.1, 0.15) is 12.7 Å². The molecule has 3 aromatic rings. The minimum atomic E-state index is -4.72. The first-order chi connectivity index (χ1) is 11.9. The van der Waals surface area contributed by atoms with Crippen molar-refractivity contribution < 1.29 is 17.9 Å². The number of alkyl halides is 3. The van der Waals surface area contributed by atoms with Gasteiger partial charge in [-0.1, -0.05) is 6.92 Å². The molecule has 0 fully saturated rings. The van der Waals surface area contributed by atoms with E-state index in [9.17, 15) is 13.2 Å². The van der Waals surface area contributed by atoms with E-state index in [0.717, 1.165) is 5.56 Å². The average Bonchev–Trinajstić information content (AvgIpc) is 2.99. The number of nitrogens with zero attached hydrogens (tertiary/aromatic N) is 3. The van der Waals surface area contributed by atoms with Gasteiger partial charge in [-0.15, -0.1) is 18.3 Å². The molecule has 0 unspecified atom stereocenters. The van der Waals surface area contributed by atoms with Gasteiger partial charge >= 0.3 is 6.36 Å². The van der Waals surface area contributed by atoms with E-state index in [1.54, 1.807) is 16.8 Å². The van der Waals surface area contributed by atoms with E-state index in [-0.39, 0.29) is 5.75 Å². The van der Waals surface area contributed by atoms with Crippen LogP contribution in [0.4, 0.5) is 18.9 Å². The molecule has 0 aliphatic heterocycles. The number of aryl methyl sites for hydroxylation is 1. The molecule has 2 N–H and O–H groups in total. The zero-order valence-electron chi connectivity index (χ0n) is 13.3. The summed E-state index contributed by atoms with van der Waals surface area (Å²) in [6.45, 7) is 1.93. The van der Waals surface area contributed by atoms with Crippen molar-refractivity contribution in [2.75, 3.05) is 5.73 Å². The van der Waals surface area contributed by atoms with Crippen LogP contribution >= 0.6 is 0 Å². The highest BCUT2D eigenvalue weighted by Crippen LogP contribution is 2.25. The number of halogens is 3. The fourth-order valence-corrected chi connectivity index (χ4v) is 2.32. The van der Waals surface area contributed by atoms with Crippen LogP contribution in [0, 0.1) is 0 Å². The predicted octanol–water partition coefficient (Wildman–Crippen LogP) is 3.98. The molecule has 130 valence electrons. The van der Waals surface area contributed by atoms with Gasteiger partial charge in [0.05, 0.1) is 5.69 Å². The highest BCUT2D eigenvalue weighted by molar-refractivity contribution is 5.58. The first-order valence-electron chi connectivity index (χ1n) is 7.54. The van der Waals surface area contributed by atoms with Gasteiger partial charge < -0.3 is 10.5 Å². The number of hydrogen-bond acceptors (Lipinski definition) is 4. The molecule has 2 aromatic carbocycles. The number of rotatable bonds is 4. The highest BCUT2D eigenvalue weighted by atomic mass is 19.4. The second-order valence-corrected chi connectivity index (χ2v) is 5.28. The summed E-state index contributed by atoms with van der Waals surface area (Å²) >= 11 is 0. The maximum atomic E-state index is 12.2. The van der Waals surface area contributed by atoms with Gasteiger partial charge in [0.15, 0.2) is 5.82 Å². The number of nitrogen functional groups attached to an aromatic ring is 1. The lowest BCUT2D eigenvalue weighted by atomic mass is 10.2. The Morgan fingerprint density at radius 3 is 2.24 bits per heavy atom. The number of anilines is 1. The Hall–Kier alpha value is -3.03. The molecule has 1 heterocycles. The van der Waals surface area contributed by atoms with Gasteiger partial charge in [0.25, 0.3) is 0 Å². The molecule has 1 aromatic heterocycles. The Bertz CT molecular complexity index is 855. The van der Waals surface area contributed by atoms with Gasteiger partial charge in [0.1, 0.15) is 11.6 Å². The van der Waals surface area contributed by atoms with Gasteiger partial charge in [-0.3, -0.25) is 0 Å². The van der Waals surface area contributed by atoms with Gasteiger partial charge in [-0.2, -0.15) is 0 Å². The minimum absolute atomic E-state index is 0.284. The Morgan fingerprint density at radius 2 is 1.68 bits per heavy atom. The van der Waals surface area contributed by atoms with Crippen molar-refractivity contribution in [3.8, 4) is 22.8 Å². The van der Waals surface area contributed by atoms with Crippen LogP contribution < -0.4 is 10.5 Å². The van der Waals surface area contributed by atoms with Crippen molar-refractivity contribution in [3.63, 3.8) is 0 Å². The number of hydrogen-bond donors (Lipinski definition) is 1. The summed E-state index contributed by atoms with van der Waals surface area (Å²) in [5.74, 6) is 0.928. The number of benzene rings is 2. The van der Waals surface area contributed by atoms with Crippen LogP contribution in [0.3, 0.4) is 0 Å². The van der Waals surface area contributed by atoms with Crippen LogP contribution in [0.25, 0.3) is 17.1 Å². The van der Waals surface area contributed by atoms with Gasteiger partial charge in [0, 0.05) is 17.7 Å². The first-order valence-corrected chi connectivity index (χ1v) is 7.54. The average molecular weight is 348 g/mol. The van der Waals surface area contributed by atoms with Gasteiger partial charge in [0.2, 0.25) is 0 Å². The number of ether oxygens (including phenoxy) is 1. The molecule has 0 atom stereocenters. The van der Waals surface area contributed by atoms with Crippen molar-refractivity contribution in [3.05, 3.63) is 54.4 Å². The molecule has 0 saturated heterocycles. The van der Waals surface area contributed by atoms with Gasteiger partial charge in [-0.25, -0.2) is 9.67 Å². The molecular formula is C17H15F3N4O. The highest BCUT2D eigenvalue weighted by Gasteiger charge is 2.31. The van der Waals surface area contributed by atoms with Crippen molar-refractivity contribution >= 4 is 5.69 Å². The van der Waals surface area contributed by atoms with Crippen molar-refractivity contribution in [1.29, 1.82) is 0 Å². The van der Waals surface area contributed by atoms with E-state index in [2.05, 4.69) is 14.8 Å². The molecule has 0 aliphatic rings. The summed E-state index contributed by atoms with van der Waals surface area (Å²) in [7, 11) is 0. The second-order valence-electron chi connectivity index (χ2n) is 5.28. The normalized spacial score (nSPS) is 11.5. The molecule has 3 rings (SSSR count). The van der Waals surface area contributed by atoms with E-state index in [4.69, 9.17) is 5.73 Å². The monoisotopic (exact) mass is 348 g/mol. The molecule has 8 heteroatoms. The Balaban J connectivity index is 1.93. The van der Waals surface area contributed by atoms with Crippen molar-refractivity contribution in [2.45, 2.75) is 19.7 Å². The molecule has 0 aliphatic carbocycles. The van der Waals surface area contributed by atoms with Crippen LogP contribution in [-0.2, 0) is 6.42 Å². The van der Waals surface area contributed by atoms with Crippen LogP contribution in [-0.4, -0.2) is 21.1 Å². The molecule has 0 bridgehead atoms. The third-order valence-corrected chi connectivity index (χ3v) is 3.47. The second kappa shape index (κ2) is 6.46. The van der Waals surface area contributed by atoms with Crippen LogP contribution in [0.2, 0.25) is 0 Å². The summed E-state index contributed by atoms with van der Waals surface area (Å²) in [5.41, 5.74) is 7.72. The third kappa shape index (κ3) is 3.90. The summed E-state index contributed by atoms with van der Waals surface area (Å²) in [6.07, 6.45) is -4.10. The number of aromatic nitrogens is 3. The standard InChI is InChI=1S/C17H15F3N4O/c1-2-15-22-16(11-3-5-12(21)6-4-11)23-24(15)13-7-9-14(10-8-13)25-17(18,19)20/h3-10H,2,21H2,1H3. The van der Waals surface area contributed by atoms with E-state index in [1.165, 1.54) is 24.3 Å². The first kappa shape index (κ1) is 16.8. The van der Waals surface area contributed by atoms with Crippen LogP contribution in [0.5, 0.6) is 5.75 Å². The Morgan fingerprint density at radius 1 is 1.04 bits per heavy atom. The van der Waals surface area contributed by atoms with E-state index in [0.29, 0.717) is 29.4 Å².